The van der Waals surface area contributed by atoms with Gasteiger partial charge in [-0.15, -0.1) is 0 Å². The van der Waals surface area contributed by atoms with Crippen LogP contribution in [0.4, 0.5) is 5.69 Å². The predicted octanol–water partition coefficient (Wildman–Crippen LogP) is 2.17. The Kier molecular flexibility index (Phi) is 7.37. The maximum atomic E-state index is 12.0. The zero-order chi connectivity index (χ0) is 19.6. The van der Waals surface area contributed by atoms with Crippen molar-refractivity contribution in [3.05, 3.63) is 59.7 Å². The number of rotatable bonds is 8. The molecule has 0 aliphatic rings. The lowest BCUT2D eigenvalue weighted by atomic mass is 10.1. The highest BCUT2D eigenvalue weighted by Crippen LogP contribution is 2.17. The van der Waals surface area contributed by atoms with Gasteiger partial charge in [0.25, 0.3) is 5.91 Å². The Hall–Kier alpha value is -3.35. The molecule has 2 rings (SSSR count). The van der Waals surface area contributed by atoms with Crippen LogP contribution >= 0.6 is 0 Å². The molecule has 7 nitrogen and oxygen atoms in total. The summed E-state index contributed by atoms with van der Waals surface area (Å²) in [6.45, 7) is 1.44. The standard InChI is InChI=1S/C20H22N2O5/c1-14(23)22-17-9-7-16(8-10-17)20(25)27-13-19(24)21-12-11-15-5-3-4-6-18(15)26-2/h3-10H,11-13H2,1-2H3,(H,21,24)(H,22,23). The first kappa shape index (κ1) is 20.0. The van der Waals surface area contributed by atoms with Crippen LogP contribution in [0.3, 0.4) is 0 Å². The largest absolute Gasteiger partial charge is 0.496 e. The van der Waals surface area contributed by atoms with E-state index in [9.17, 15) is 14.4 Å². The van der Waals surface area contributed by atoms with Gasteiger partial charge in [-0.05, 0) is 42.3 Å². The molecule has 0 fully saturated rings. The number of nitrogens with one attached hydrogen (secondary N) is 2. The molecule has 0 aromatic heterocycles. The normalized spacial score (nSPS) is 10.0. The van der Waals surface area contributed by atoms with Gasteiger partial charge in [-0.1, -0.05) is 18.2 Å². The van der Waals surface area contributed by atoms with Crippen LogP contribution in [0.15, 0.2) is 48.5 Å². The molecular formula is C20H22N2O5. The highest BCUT2D eigenvalue weighted by atomic mass is 16.5. The van der Waals surface area contributed by atoms with Gasteiger partial charge in [0.2, 0.25) is 5.91 Å². The van der Waals surface area contributed by atoms with Gasteiger partial charge in [0.05, 0.1) is 12.7 Å². The molecule has 142 valence electrons. The number of carbonyl (C=O) groups excluding carboxylic acids is 3. The Bertz CT molecular complexity index is 802. The van der Waals surface area contributed by atoms with E-state index in [1.807, 2.05) is 24.3 Å². The van der Waals surface area contributed by atoms with Crippen LogP contribution in [0.25, 0.3) is 0 Å². The Morgan fingerprint density at radius 1 is 1.00 bits per heavy atom. The molecule has 0 heterocycles. The number of benzene rings is 2. The van der Waals surface area contributed by atoms with E-state index < -0.39 is 5.97 Å². The number of para-hydroxylation sites is 1. The second kappa shape index (κ2) is 9.96. The Morgan fingerprint density at radius 3 is 2.37 bits per heavy atom. The van der Waals surface area contributed by atoms with Gasteiger partial charge < -0.3 is 20.1 Å². The van der Waals surface area contributed by atoms with Gasteiger partial charge in [-0.25, -0.2) is 4.79 Å². The van der Waals surface area contributed by atoms with E-state index >= 15 is 0 Å². The Morgan fingerprint density at radius 2 is 1.70 bits per heavy atom. The minimum Gasteiger partial charge on any atom is -0.496 e. The van der Waals surface area contributed by atoms with E-state index in [0.29, 0.717) is 24.2 Å². The van der Waals surface area contributed by atoms with Crippen molar-refractivity contribution in [1.29, 1.82) is 0 Å². The minimum absolute atomic E-state index is 0.199. The number of amides is 2. The average molecular weight is 370 g/mol. The number of hydrogen-bond donors (Lipinski definition) is 2. The first-order valence-corrected chi connectivity index (χ1v) is 8.43. The van der Waals surface area contributed by atoms with E-state index in [4.69, 9.17) is 9.47 Å². The summed E-state index contributed by atoms with van der Waals surface area (Å²) >= 11 is 0. The summed E-state index contributed by atoms with van der Waals surface area (Å²) in [5.74, 6) is -0.423. The monoisotopic (exact) mass is 370 g/mol. The third kappa shape index (κ3) is 6.47. The van der Waals surface area contributed by atoms with Gasteiger partial charge in [0.1, 0.15) is 5.75 Å². The second-order valence-electron chi connectivity index (χ2n) is 5.75. The molecule has 2 N–H and O–H groups in total. The van der Waals surface area contributed by atoms with Crippen molar-refractivity contribution in [2.45, 2.75) is 13.3 Å². The lowest BCUT2D eigenvalue weighted by Gasteiger charge is -2.09. The van der Waals surface area contributed by atoms with E-state index in [0.717, 1.165) is 11.3 Å². The molecule has 0 saturated carbocycles. The maximum Gasteiger partial charge on any atom is 0.338 e. The summed E-state index contributed by atoms with van der Waals surface area (Å²) in [6, 6.07) is 13.8. The topological polar surface area (TPSA) is 93.7 Å². The van der Waals surface area contributed by atoms with Gasteiger partial charge in [-0.2, -0.15) is 0 Å². The van der Waals surface area contributed by atoms with Crippen molar-refractivity contribution in [1.82, 2.24) is 5.32 Å². The van der Waals surface area contributed by atoms with E-state index in [1.54, 1.807) is 19.2 Å². The minimum atomic E-state index is -0.607. The average Bonchev–Trinajstić information content (AvgIpc) is 2.66. The fourth-order valence-electron chi connectivity index (χ4n) is 2.40. The molecule has 0 saturated heterocycles. The number of anilines is 1. The second-order valence-corrected chi connectivity index (χ2v) is 5.75. The molecule has 0 bridgehead atoms. The van der Waals surface area contributed by atoms with Crippen molar-refractivity contribution in [3.8, 4) is 5.75 Å². The zero-order valence-corrected chi connectivity index (χ0v) is 15.3. The molecule has 2 aromatic rings. The zero-order valence-electron chi connectivity index (χ0n) is 15.3. The van der Waals surface area contributed by atoms with Crippen LogP contribution in [0.2, 0.25) is 0 Å². The molecule has 27 heavy (non-hydrogen) atoms. The van der Waals surface area contributed by atoms with Gasteiger partial charge in [0.15, 0.2) is 6.61 Å². The van der Waals surface area contributed by atoms with E-state index in [2.05, 4.69) is 10.6 Å². The molecule has 0 radical (unpaired) electrons. The van der Waals surface area contributed by atoms with Gasteiger partial charge >= 0.3 is 5.97 Å². The molecule has 2 aromatic carbocycles. The third-order valence-electron chi connectivity index (χ3n) is 3.68. The van der Waals surface area contributed by atoms with Crippen LogP contribution < -0.4 is 15.4 Å². The Labute approximate surface area is 157 Å². The number of ether oxygens (including phenoxy) is 2. The fraction of sp³-hybridized carbons (Fsp3) is 0.250. The SMILES string of the molecule is COc1ccccc1CCNC(=O)COC(=O)c1ccc(NC(C)=O)cc1. The van der Waals surface area contributed by atoms with Crippen LogP contribution in [-0.4, -0.2) is 38.0 Å². The van der Waals surface area contributed by atoms with E-state index in [-0.39, 0.29) is 18.4 Å². The van der Waals surface area contributed by atoms with Crippen LogP contribution in [0, 0.1) is 0 Å². The highest BCUT2D eigenvalue weighted by Gasteiger charge is 2.10. The molecular weight excluding hydrogens is 348 g/mol. The van der Waals surface area contributed by atoms with E-state index in [1.165, 1.54) is 19.1 Å². The number of carbonyl (C=O) groups is 3. The maximum absolute atomic E-state index is 12.0. The molecule has 0 unspecified atom stereocenters. The smallest absolute Gasteiger partial charge is 0.338 e. The molecule has 7 heteroatoms. The Balaban J connectivity index is 1.74. The third-order valence-corrected chi connectivity index (χ3v) is 3.68. The molecule has 0 aliphatic carbocycles. The van der Waals surface area contributed by atoms with Crippen LogP contribution in [0.5, 0.6) is 5.75 Å². The molecule has 0 aliphatic heterocycles. The number of methoxy groups -OCH3 is 1. The summed E-state index contributed by atoms with van der Waals surface area (Å²) in [5, 5.41) is 5.30. The summed E-state index contributed by atoms with van der Waals surface area (Å²) in [7, 11) is 1.60. The lowest BCUT2D eigenvalue weighted by Crippen LogP contribution is -2.30. The molecule has 0 spiro atoms. The van der Waals surface area contributed by atoms with Gasteiger partial charge in [0, 0.05) is 19.2 Å². The highest BCUT2D eigenvalue weighted by molar-refractivity contribution is 5.93. The van der Waals surface area contributed by atoms with Crippen LogP contribution in [0.1, 0.15) is 22.8 Å². The van der Waals surface area contributed by atoms with Crippen molar-refractivity contribution < 1.29 is 23.9 Å². The quantitative estimate of drug-likeness (QED) is 0.695. The van der Waals surface area contributed by atoms with Crippen molar-refractivity contribution in [3.63, 3.8) is 0 Å². The lowest BCUT2D eigenvalue weighted by molar-refractivity contribution is -0.124. The van der Waals surface area contributed by atoms with Crippen molar-refractivity contribution in [2.75, 3.05) is 25.6 Å². The van der Waals surface area contributed by atoms with Gasteiger partial charge in [-0.3, -0.25) is 9.59 Å². The fourth-order valence-corrected chi connectivity index (χ4v) is 2.40. The van der Waals surface area contributed by atoms with Crippen LogP contribution in [-0.2, 0) is 20.7 Å². The summed E-state index contributed by atoms with van der Waals surface area (Å²) in [4.78, 5) is 34.8. The van der Waals surface area contributed by atoms with Crippen molar-refractivity contribution in [2.24, 2.45) is 0 Å². The first-order chi connectivity index (χ1) is 13.0. The predicted molar refractivity (Wildman–Crippen MR) is 101 cm³/mol. The first-order valence-electron chi connectivity index (χ1n) is 8.43. The summed E-state index contributed by atoms with van der Waals surface area (Å²) in [6.07, 6.45) is 0.605. The number of esters is 1. The molecule has 0 atom stereocenters. The van der Waals surface area contributed by atoms with Crippen molar-refractivity contribution >= 4 is 23.5 Å². The summed E-state index contributed by atoms with van der Waals surface area (Å²) in [5.41, 5.74) is 1.86. The number of hydrogen-bond acceptors (Lipinski definition) is 5. The summed E-state index contributed by atoms with van der Waals surface area (Å²) < 4.78 is 10.3. The molecule has 2 amide bonds.